The highest BCUT2D eigenvalue weighted by Crippen LogP contribution is 2.30. The number of nitrogens with zero attached hydrogens (tertiary/aromatic N) is 7. The number of ether oxygens (including phenoxy) is 1. The van der Waals surface area contributed by atoms with Crippen molar-refractivity contribution in [3.8, 4) is 6.07 Å². The average molecular weight is 630 g/mol. The molecule has 2 aromatic carbocycles. The summed E-state index contributed by atoms with van der Waals surface area (Å²) < 4.78 is 31.9. The van der Waals surface area contributed by atoms with Crippen LogP contribution in [0.2, 0.25) is 0 Å². The van der Waals surface area contributed by atoms with Crippen LogP contribution < -0.4 is 10.6 Å². The van der Waals surface area contributed by atoms with E-state index in [2.05, 4.69) is 37.9 Å². The second-order valence-electron chi connectivity index (χ2n) is 10.6. The molecule has 5 aromatic rings. The second-order valence-corrected chi connectivity index (χ2v) is 12.9. The van der Waals surface area contributed by atoms with Crippen molar-refractivity contribution in [3.63, 3.8) is 0 Å². The van der Waals surface area contributed by atoms with Gasteiger partial charge in [-0.2, -0.15) is 15.5 Å². The van der Waals surface area contributed by atoms with Gasteiger partial charge in [-0.05, 0) is 36.6 Å². The molecular weight excluding hydrogens is 594 g/mol. The molecule has 0 aliphatic rings. The van der Waals surface area contributed by atoms with Gasteiger partial charge in [0.25, 0.3) is 0 Å². The molecule has 234 valence electrons. The molecule has 3 aromatic heterocycles. The van der Waals surface area contributed by atoms with Gasteiger partial charge in [-0.3, -0.25) is 14.9 Å². The van der Waals surface area contributed by atoms with E-state index < -0.39 is 15.9 Å². The Labute approximate surface area is 261 Å². The number of hydrogen-bond acceptors (Lipinski definition) is 10. The van der Waals surface area contributed by atoms with Gasteiger partial charge in [0.1, 0.15) is 21.7 Å². The number of rotatable bonds is 14. The Kier molecular flexibility index (Phi) is 9.91. The highest BCUT2D eigenvalue weighted by atomic mass is 32.2. The van der Waals surface area contributed by atoms with Gasteiger partial charge in [0, 0.05) is 36.0 Å². The number of hydrogen-bond donors (Lipinski definition) is 2. The Morgan fingerprint density at radius 3 is 2.71 bits per heavy atom. The lowest BCUT2D eigenvalue weighted by atomic mass is 10.2. The fourth-order valence-corrected chi connectivity index (χ4v) is 5.67. The molecule has 0 saturated heterocycles. The maximum atomic E-state index is 12.7. The number of sulfone groups is 1. The largest absolute Gasteiger partial charge is 0.449 e. The molecule has 0 atom stereocenters. The van der Waals surface area contributed by atoms with E-state index in [1.165, 1.54) is 11.9 Å². The zero-order chi connectivity index (χ0) is 31.8. The van der Waals surface area contributed by atoms with Crippen LogP contribution in [-0.2, 0) is 27.5 Å². The Hall–Kier alpha value is -5.00. The quantitative estimate of drug-likeness (QED) is 0.134. The Morgan fingerprint density at radius 1 is 1.13 bits per heavy atom. The monoisotopic (exact) mass is 629 g/mol. The van der Waals surface area contributed by atoms with E-state index >= 15 is 0 Å². The van der Waals surface area contributed by atoms with Crippen LogP contribution in [0.25, 0.3) is 16.4 Å². The molecule has 0 bridgehead atoms. The van der Waals surface area contributed by atoms with Gasteiger partial charge in [-0.25, -0.2) is 22.7 Å². The number of benzene rings is 2. The zero-order valence-electron chi connectivity index (χ0n) is 25.2. The lowest BCUT2D eigenvalue weighted by molar-refractivity contribution is 0.154. The molecule has 2 N–H and O–H groups in total. The predicted octanol–water partition coefficient (Wildman–Crippen LogP) is 4.24. The molecule has 5 rings (SSSR count). The molecule has 1 amide bonds. The summed E-state index contributed by atoms with van der Waals surface area (Å²) in [6, 6.07) is 18.2. The smallest absolute Gasteiger partial charge is 0.411 e. The number of carbonyl (C=O) groups is 1. The molecule has 3 heterocycles. The van der Waals surface area contributed by atoms with Crippen molar-refractivity contribution >= 4 is 49.5 Å². The minimum Gasteiger partial charge on any atom is -0.449 e. The zero-order valence-corrected chi connectivity index (χ0v) is 26.0. The molecule has 14 heteroatoms. The Balaban J connectivity index is 1.24. The van der Waals surface area contributed by atoms with Crippen molar-refractivity contribution < 1.29 is 17.9 Å². The summed E-state index contributed by atoms with van der Waals surface area (Å²) in [5.74, 6) is 0.553. The van der Waals surface area contributed by atoms with Gasteiger partial charge in [0.15, 0.2) is 5.82 Å². The van der Waals surface area contributed by atoms with Crippen LogP contribution >= 0.6 is 0 Å². The first-order valence-corrected chi connectivity index (χ1v) is 16.6. The third-order valence-electron chi connectivity index (χ3n) is 7.27. The van der Waals surface area contributed by atoms with Crippen LogP contribution in [-0.4, -0.2) is 82.0 Å². The van der Waals surface area contributed by atoms with Gasteiger partial charge in [0.05, 0.1) is 55.1 Å². The third-order valence-corrected chi connectivity index (χ3v) is 8.20. The van der Waals surface area contributed by atoms with Crippen LogP contribution in [0.4, 0.5) is 22.0 Å². The van der Waals surface area contributed by atoms with Crippen molar-refractivity contribution in [2.75, 3.05) is 48.9 Å². The molecule has 13 nitrogen and oxygen atoms in total. The van der Waals surface area contributed by atoms with Crippen LogP contribution in [0.1, 0.15) is 24.5 Å². The van der Waals surface area contributed by atoms with Crippen LogP contribution in [0.5, 0.6) is 0 Å². The normalized spacial score (nSPS) is 11.6. The van der Waals surface area contributed by atoms with Crippen molar-refractivity contribution in [2.24, 2.45) is 0 Å². The third kappa shape index (κ3) is 8.14. The van der Waals surface area contributed by atoms with Crippen LogP contribution in [0, 0.1) is 11.3 Å². The Bertz CT molecular complexity index is 1930. The van der Waals surface area contributed by atoms with Crippen molar-refractivity contribution in [1.82, 2.24) is 29.3 Å². The first-order chi connectivity index (χ1) is 21.7. The number of amides is 1. The molecule has 0 aliphatic heterocycles. The van der Waals surface area contributed by atoms with Crippen molar-refractivity contribution in [1.29, 1.82) is 5.26 Å². The average Bonchev–Trinajstić information content (AvgIpc) is 3.58. The summed E-state index contributed by atoms with van der Waals surface area (Å²) in [6.45, 7) is 3.55. The molecule has 0 aliphatic carbocycles. The Morgan fingerprint density at radius 2 is 1.96 bits per heavy atom. The minimum absolute atomic E-state index is 0.0359. The van der Waals surface area contributed by atoms with E-state index in [0.717, 1.165) is 33.9 Å². The van der Waals surface area contributed by atoms with Gasteiger partial charge in [-0.1, -0.05) is 37.3 Å². The maximum absolute atomic E-state index is 12.7. The first-order valence-electron chi connectivity index (χ1n) is 14.6. The van der Waals surface area contributed by atoms with Gasteiger partial charge in [-0.15, -0.1) is 0 Å². The van der Waals surface area contributed by atoms with Crippen LogP contribution in [0.3, 0.4) is 0 Å². The van der Waals surface area contributed by atoms with Gasteiger partial charge in [0.2, 0.25) is 0 Å². The fourth-order valence-electron chi connectivity index (χ4n) is 5.08. The number of nitrogens with one attached hydrogen (secondary N) is 2. The standard InChI is InChI=1S/C31H35N9O4S/c1-3-26-27(37-31(41)44-16-7-13-38(14-12-32)15-17-45(2,42)43)21-40-29(26)30(33-22-35-40)36-25-10-11-28-24(18-25)19-34-39(28)20-23-8-5-4-6-9-23/h4-6,8-11,18-19,21-22H,3,7,13-17,20H2,1-2H3,(H,37,41)(H,33,35,36). The van der Waals surface area contributed by atoms with Crippen molar-refractivity contribution in [2.45, 2.75) is 26.3 Å². The summed E-state index contributed by atoms with van der Waals surface area (Å²) in [5, 5.41) is 25.1. The van der Waals surface area contributed by atoms with E-state index in [0.29, 0.717) is 37.4 Å². The van der Waals surface area contributed by atoms with E-state index in [1.54, 1.807) is 15.6 Å². The molecule has 0 radical (unpaired) electrons. The molecule has 45 heavy (non-hydrogen) atoms. The highest BCUT2D eigenvalue weighted by molar-refractivity contribution is 7.90. The summed E-state index contributed by atoms with van der Waals surface area (Å²) in [7, 11) is -3.14. The number of aromatic nitrogens is 5. The lowest BCUT2D eigenvalue weighted by Crippen LogP contribution is -2.31. The van der Waals surface area contributed by atoms with E-state index in [-0.39, 0.29) is 25.4 Å². The number of aryl methyl sites for hydroxylation is 1. The minimum atomic E-state index is -3.14. The van der Waals surface area contributed by atoms with Crippen molar-refractivity contribution in [3.05, 3.63) is 78.4 Å². The number of anilines is 3. The second kappa shape index (κ2) is 14.2. The lowest BCUT2D eigenvalue weighted by Gasteiger charge is -2.18. The summed E-state index contributed by atoms with van der Waals surface area (Å²) in [4.78, 5) is 18.9. The SMILES string of the molecule is CCc1c(NC(=O)OCCCN(CC#N)CCS(C)(=O)=O)cn2ncnc(Nc3ccc4c(cnn4Cc4ccccc4)c3)c12. The van der Waals surface area contributed by atoms with E-state index in [1.807, 2.05) is 60.3 Å². The van der Waals surface area contributed by atoms with Gasteiger partial charge < -0.3 is 10.1 Å². The molecular formula is C31H35N9O4S. The highest BCUT2D eigenvalue weighted by Gasteiger charge is 2.18. The number of nitriles is 1. The summed E-state index contributed by atoms with van der Waals surface area (Å²) in [6.07, 6.45) is 6.61. The number of fused-ring (bicyclic) bond motifs is 2. The molecule has 0 fully saturated rings. The number of carbonyl (C=O) groups excluding carboxylic acids is 1. The van der Waals surface area contributed by atoms with E-state index in [4.69, 9.17) is 10.00 Å². The van der Waals surface area contributed by atoms with Crippen LogP contribution in [0.15, 0.2) is 67.3 Å². The summed E-state index contributed by atoms with van der Waals surface area (Å²) in [5.41, 5.74) is 5.15. The maximum Gasteiger partial charge on any atom is 0.411 e. The fraction of sp³-hybridized carbons (Fsp3) is 0.323. The van der Waals surface area contributed by atoms with Gasteiger partial charge >= 0.3 is 6.09 Å². The molecule has 0 spiro atoms. The summed E-state index contributed by atoms with van der Waals surface area (Å²) >= 11 is 0. The topological polar surface area (TPSA) is 160 Å². The first kappa shape index (κ1) is 31.4. The predicted molar refractivity (Wildman–Crippen MR) is 172 cm³/mol. The molecule has 0 unspecified atom stereocenters. The molecule has 0 saturated carbocycles. The van der Waals surface area contributed by atoms with E-state index in [9.17, 15) is 13.2 Å².